The number of nitrogens with zero attached hydrogens (tertiary/aromatic N) is 2. The van der Waals surface area contributed by atoms with Gasteiger partial charge in [0.05, 0.1) is 18.0 Å². The van der Waals surface area contributed by atoms with Crippen molar-refractivity contribution in [2.45, 2.75) is 51.5 Å². The van der Waals surface area contributed by atoms with E-state index < -0.39 is 28.8 Å². The molecule has 0 spiro atoms. The number of carbonyl (C=O) groups excluding carboxylic acids is 1. The summed E-state index contributed by atoms with van der Waals surface area (Å²) in [5.41, 5.74) is 9.92. The van der Waals surface area contributed by atoms with Gasteiger partial charge in [-0.05, 0) is 93.9 Å². The fourth-order valence-corrected chi connectivity index (χ4v) is 5.67. The van der Waals surface area contributed by atoms with E-state index in [-0.39, 0.29) is 12.0 Å². The van der Waals surface area contributed by atoms with Crippen molar-refractivity contribution in [1.82, 2.24) is 15.4 Å². The highest BCUT2D eigenvalue weighted by Crippen LogP contribution is 2.38. The van der Waals surface area contributed by atoms with Gasteiger partial charge in [0, 0.05) is 35.8 Å². The number of carbonyl (C=O) groups is 1. The molecule has 10 heteroatoms. The van der Waals surface area contributed by atoms with Gasteiger partial charge in [0.25, 0.3) is 0 Å². The lowest BCUT2D eigenvalue weighted by atomic mass is 9.73. The van der Waals surface area contributed by atoms with Crippen LogP contribution in [0, 0.1) is 22.9 Å². The predicted molar refractivity (Wildman–Crippen MR) is 142 cm³/mol. The number of ether oxygens (including phenoxy) is 1. The molecule has 0 atom stereocenters. The molecule has 0 saturated carbocycles. The second-order valence-corrected chi connectivity index (χ2v) is 10.2. The Morgan fingerprint density at radius 3 is 2.44 bits per heavy atom. The predicted octanol–water partition coefficient (Wildman–Crippen LogP) is 4.66. The van der Waals surface area contributed by atoms with E-state index in [4.69, 9.17) is 10.5 Å². The highest BCUT2D eigenvalue weighted by molar-refractivity contribution is 5.84. The van der Waals surface area contributed by atoms with Crippen LogP contribution in [-0.2, 0) is 24.2 Å². The topological polar surface area (TPSA) is 101 Å². The minimum absolute atomic E-state index is 0.111. The van der Waals surface area contributed by atoms with Gasteiger partial charge in [0.2, 0.25) is 5.91 Å². The van der Waals surface area contributed by atoms with E-state index in [0.29, 0.717) is 76.8 Å². The zero-order valence-corrected chi connectivity index (χ0v) is 22.1. The number of pyridine rings is 1. The maximum absolute atomic E-state index is 13.9. The molecular weight excluding hydrogens is 509 g/mol. The molecule has 2 heterocycles. The number of nitrogens with one attached hydrogen (secondary N) is 1. The van der Waals surface area contributed by atoms with Gasteiger partial charge in [-0.3, -0.25) is 15.0 Å². The van der Waals surface area contributed by atoms with E-state index >= 15 is 0 Å². The van der Waals surface area contributed by atoms with E-state index in [1.54, 1.807) is 13.3 Å². The number of aromatic nitrogens is 1. The van der Waals surface area contributed by atoms with E-state index in [9.17, 15) is 23.2 Å². The largest absolute Gasteiger partial charge is 0.497 e. The van der Waals surface area contributed by atoms with Gasteiger partial charge in [-0.15, -0.1) is 0 Å². The number of hydrogen-bond acceptors (Lipinski definition) is 6. The third-order valence-corrected chi connectivity index (χ3v) is 7.98. The smallest absolute Gasteiger partial charge is 0.249 e. The first kappa shape index (κ1) is 28.8. The van der Waals surface area contributed by atoms with Gasteiger partial charge in [-0.2, -0.15) is 0 Å². The van der Waals surface area contributed by atoms with E-state index in [1.165, 1.54) is 0 Å². The molecule has 4 N–H and O–H groups in total. The second-order valence-electron chi connectivity index (χ2n) is 10.2. The normalized spacial score (nSPS) is 15.4. The van der Waals surface area contributed by atoms with Crippen LogP contribution in [0.1, 0.15) is 48.8 Å². The summed E-state index contributed by atoms with van der Waals surface area (Å²) >= 11 is 0. The Hall–Kier alpha value is -3.21. The van der Waals surface area contributed by atoms with Crippen LogP contribution in [0.4, 0.5) is 13.2 Å². The van der Waals surface area contributed by atoms with Gasteiger partial charge in [-0.1, -0.05) is 0 Å². The maximum atomic E-state index is 13.9. The number of aryl methyl sites for hydroxylation is 1. The molecule has 0 bridgehead atoms. The van der Waals surface area contributed by atoms with Crippen LogP contribution in [-0.4, -0.2) is 47.7 Å². The monoisotopic (exact) mass is 544 g/mol. The van der Waals surface area contributed by atoms with Crippen LogP contribution in [0.3, 0.4) is 0 Å². The molecule has 39 heavy (non-hydrogen) atoms. The van der Waals surface area contributed by atoms with Crippen LogP contribution < -0.4 is 16.0 Å². The van der Waals surface area contributed by atoms with Gasteiger partial charge in [0.1, 0.15) is 23.2 Å². The number of amides is 1. The summed E-state index contributed by atoms with van der Waals surface area (Å²) < 4.78 is 46.4. The van der Waals surface area contributed by atoms with Crippen molar-refractivity contribution in [3.63, 3.8) is 0 Å². The molecule has 210 valence electrons. The summed E-state index contributed by atoms with van der Waals surface area (Å²) in [6, 6.07) is 7.12. The number of nitrogens with two attached hydrogens (primary N) is 1. The molecule has 1 aliphatic heterocycles. The maximum Gasteiger partial charge on any atom is 0.249 e. The van der Waals surface area contributed by atoms with Crippen molar-refractivity contribution in [1.29, 1.82) is 0 Å². The average Bonchev–Trinajstić information content (AvgIpc) is 2.94. The average molecular weight is 545 g/mol. The van der Waals surface area contributed by atoms with Gasteiger partial charge in [0.15, 0.2) is 0 Å². The van der Waals surface area contributed by atoms with Crippen LogP contribution in [0.5, 0.6) is 5.75 Å². The molecule has 2 aromatic carbocycles. The van der Waals surface area contributed by atoms with Crippen molar-refractivity contribution >= 4 is 16.8 Å². The summed E-state index contributed by atoms with van der Waals surface area (Å²) in [5, 5.41) is 10.5. The SMILES string of the molecule is COc1ccc2ncc(CN)c(CCCC3(C(=O)NO)CCN(CCCc4c(F)cc(F)cc4F)CC3)c2c1. The molecule has 1 aliphatic rings. The lowest BCUT2D eigenvalue weighted by Gasteiger charge is -2.40. The molecule has 1 amide bonds. The Balaban J connectivity index is 1.38. The van der Waals surface area contributed by atoms with Crippen molar-refractivity contribution in [2.24, 2.45) is 11.1 Å². The first-order valence-corrected chi connectivity index (χ1v) is 13.2. The molecule has 1 fully saturated rings. The molecule has 1 aromatic heterocycles. The van der Waals surface area contributed by atoms with Gasteiger partial charge in [-0.25, -0.2) is 18.7 Å². The highest BCUT2D eigenvalue weighted by Gasteiger charge is 2.40. The number of benzene rings is 2. The number of fused-ring (bicyclic) bond motifs is 1. The third-order valence-electron chi connectivity index (χ3n) is 7.98. The molecular formula is C29H35F3N4O3. The summed E-state index contributed by atoms with van der Waals surface area (Å²) in [7, 11) is 1.62. The van der Waals surface area contributed by atoms with Crippen LogP contribution in [0.25, 0.3) is 10.9 Å². The number of likely N-dealkylation sites (tertiary alicyclic amines) is 1. The first-order chi connectivity index (χ1) is 18.8. The number of hydroxylamine groups is 1. The lowest BCUT2D eigenvalue weighted by Crippen LogP contribution is -2.48. The first-order valence-electron chi connectivity index (χ1n) is 13.2. The summed E-state index contributed by atoms with van der Waals surface area (Å²) in [6.07, 6.45) is 5.53. The minimum Gasteiger partial charge on any atom is -0.497 e. The second kappa shape index (κ2) is 12.8. The summed E-state index contributed by atoms with van der Waals surface area (Å²) in [5.74, 6) is -2.34. The molecule has 4 rings (SSSR count). The third kappa shape index (κ3) is 6.51. The Morgan fingerprint density at radius 2 is 1.79 bits per heavy atom. The van der Waals surface area contributed by atoms with Crippen LogP contribution in [0.2, 0.25) is 0 Å². The Labute approximate surface area is 226 Å². The quantitative estimate of drug-likeness (QED) is 0.240. The number of hydrogen-bond donors (Lipinski definition) is 3. The fraction of sp³-hybridized carbons (Fsp3) is 0.448. The van der Waals surface area contributed by atoms with Crippen LogP contribution >= 0.6 is 0 Å². The molecule has 0 radical (unpaired) electrons. The highest BCUT2D eigenvalue weighted by atomic mass is 19.1. The van der Waals surface area contributed by atoms with E-state index in [2.05, 4.69) is 9.88 Å². The van der Waals surface area contributed by atoms with Crippen molar-refractivity contribution in [3.8, 4) is 5.75 Å². The number of halogens is 3. The zero-order valence-electron chi connectivity index (χ0n) is 22.1. The Morgan fingerprint density at radius 1 is 1.10 bits per heavy atom. The fourth-order valence-electron chi connectivity index (χ4n) is 5.67. The molecule has 1 saturated heterocycles. The molecule has 0 unspecified atom stereocenters. The standard InChI is InChI=1S/C29H35F3N4O3/c1-39-21-6-7-27-24(16-21)22(19(17-33)18-34-27)4-2-8-29(28(37)35-38)9-12-36(13-10-29)11-3-5-23-25(31)14-20(30)15-26(23)32/h6-7,14-16,18,38H,2-5,8-13,17,33H2,1H3,(H,35,37). The summed E-state index contributed by atoms with van der Waals surface area (Å²) in [6.45, 7) is 2.17. The molecule has 3 aromatic rings. The molecule has 0 aliphatic carbocycles. The van der Waals surface area contributed by atoms with E-state index in [1.807, 2.05) is 23.7 Å². The minimum atomic E-state index is -0.931. The van der Waals surface area contributed by atoms with E-state index in [0.717, 1.165) is 27.8 Å². The Kier molecular flexibility index (Phi) is 9.42. The molecule has 7 nitrogen and oxygen atoms in total. The summed E-state index contributed by atoms with van der Waals surface area (Å²) in [4.78, 5) is 19.5. The van der Waals surface area contributed by atoms with Gasteiger partial charge >= 0.3 is 0 Å². The lowest BCUT2D eigenvalue weighted by molar-refractivity contribution is -0.143. The Bertz CT molecular complexity index is 1280. The van der Waals surface area contributed by atoms with Crippen molar-refractivity contribution in [2.75, 3.05) is 26.7 Å². The number of methoxy groups -OCH3 is 1. The van der Waals surface area contributed by atoms with Gasteiger partial charge < -0.3 is 15.4 Å². The zero-order chi connectivity index (χ0) is 28.0. The number of rotatable bonds is 11. The van der Waals surface area contributed by atoms with Crippen molar-refractivity contribution in [3.05, 3.63) is 70.7 Å². The van der Waals surface area contributed by atoms with Crippen LogP contribution in [0.15, 0.2) is 36.5 Å². The number of piperidine rings is 1. The van der Waals surface area contributed by atoms with Crippen molar-refractivity contribution < 1.29 is 27.9 Å².